The van der Waals surface area contributed by atoms with E-state index in [2.05, 4.69) is 5.32 Å². The number of nitrogens with one attached hydrogen (secondary N) is 1. The number of hydrogen-bond acceptors (Lipinski definition) is 4. The molecule has 124 valence electrons. The minimum atomic E-state index is -0.803. The zero-order chi connectivity index (χ0) is 16.3. The van der Waals surface area contributed by atoms with Crippen LogP contribution in [0.2, 0.25) is 0 Å². The molecule has 0 rings (SSSR count). The highest BCUT2D eigenvalue weighted by Gasteiger charge is 2.18. The molecule has 0 aliphatic heterocycles. The van der Waals surface area contributed by atoms with Crippen molar-refractivity contribution in [3.05, 3.63) is 0 Å². The van der Waals surface area contributed by atoms with Crippen molar-refractivity contribution >= 4 is 11.9 Å². The van der Waals surface area contributed by atoms with Gasteiger partial charge in [0, 0.05) is 26.0 Å². The van der Waals surface area contributed by atoms with E-state index in [1.165, 1.54) is 0 Å². The van der Waals surface area contributed by atoms with Gasteiger partial charge in [-0.3, -0.25) is 9.59 Å². The van der Waals surface area contributed by atoms with Crippen LogP contribution >= 0.6 is 0 Å². The Bertz CT molecular complexity index is 317. The summed E-state index contributed by atoms with van der Waals surface area (Å²) in [6.45, 7) is 9.12. The molecule has 6 heteroatoms. The second-order valence-electron chi connectivity index (χ2n) is 5.68. The number of carboxylic acids is 1. The Morgan fingerprint density at radius 1 is 1.29 bits per heavy atom. The van der Waals surface area contributed by atoms with Gasteiger partial charge in [0.05, 0.1) is 18.3 Å². The molecule has 21 heavy (non-hydrogen) atoms. The van der Waals surface area contributed by atoms with Crippen molar-refractivity contribution in [1.29, 1.82) is 0 Å². The summed E-state index contributed by atoms with van der Waals surface area (Å²) in [6.07, 6.45) is 1.76. The molecule has 0 aromatic heterocycles. The Morgan fingerprint density at radius 2 is 1.95 bits per heavy atom. The maximum Gasteiger partial charge on any atom is 0.303 e. The predicted octanol–water partition coefficient (Wildman–Crippen LogP) is 1.97. The number of amides is 1. The van der Waals surface area contributed by atoms with E-state index in [-0.39, 0.29) is 24.0 Å². The number of hydrogen-bond donors (Lipinski definition) is 2. The summed E-state index contributed by atoms with van der Waals surface area (Å²) in [5.74, 6) is -0.782. The van der Waals surface area contributed by atoms with Gasteiger partial charge in [-0.1, -0.05) is 6.92 Å². The minimum absolute atomic E-state index is 0.0204. The normalized spacial score (nSPS) is 13.0. The standard InChI is InChI=1S/C15H29NO5/c1-5-13(17)16-9-11-21-15(3,4)8-10-20-12(2)6-7-14(18)19/h12H,5-11H2,1-4H3,(H,16,17)(H,18,19). The number of rotatable bonds is 12. The second kappa shape index (κ2) is 10.6. The number of carbonyl (C=O) groups is 2. The topological polar surface area (TPSA) is 84.9 Å². The molecule has 0 radical (unpaired) electrons. The van der Waals surface area contributed by atoms with Gasteiger partial charge in [0.25, 0.3) is 0 Å². The Morgan fingerprint density at radius 3 is 2.52 bits per heavy atom. The van der Waals surface area contributed by atoms with E-state index in [0.717, 1.165) is 0 Å². The molecule has 0 saturated heterocycles. The van der Waals surface area contributed by atoms with Crippen molar-refractivity contribution < 1.29 is 24.2 Å². The van der Waals surface area contributed by atoms with E-state index in [1.54, 1.807) is 0 Å². The van der Waals surface area contributed by atoms with Gasteiger partial charge in [0.2, 0.25) is 5.91 Å². The molecule has 1 atom stereocenters. The van der Waals surface area contributed by atoms with Gasteiger partial charge >= 0.3 is 5.97 Å². The van der Waals surface area contributed by atoms with Gasteiger partial charge in [-0.05, 0) is 33.6 Å². The van der Waals surface area contributed by atoms with E-state index < -0.39 is 5.97 Å². The molecule has 1 amide bonds. The fraction of sp³-hybridized carbons (Fsp3) is 0.867. The van der Waals surface area contributed by atoms with Crippen LogP contribution < -0.4 is 5.32 Å². The third-order valence-corrected chi connectivity index (χ3v) is 3.11. The van der Waals surface area contributed by atoms with Crippen LogP contribution in [-0.4, -0.2) is 48.4 Å². The van der Waals surface area contributed by atoms with Crippen LogP contribution in [0.3, 0.4) is 0 Å². The SMILES string of the molecule is CCC(=O)NCCOC(C)(C)CCOC(C)CCC(=O)O. The van der Waals surface area contributed by atoms with Crippen LogP contribution in [0.15, 0.2) is 0 Å². The minimum Gasteiger partial charge on any atom is -0.481 e. The molecular weight excluding hydrogens is 274 g/mol. The molecule has 0 saturated carbocycles. The van der Waals surface area contributed by atoms with E-state index in [0.29, 0.717) is 39.0 Å². The number of carbonyl (C=O) groups excluding carboxylic acids is 1. The van der Waals surface area contributed by atoms with Crippen molar-refractivity contribution in [3.8, 4) is 0 Å². The highest BCUT2D eigenvalue weighted by Crippen LogP contribution is 2.15. The van der Waals surface area contributed by atoms with Gasteiger partial charge in [-0.15, -0.1) is 0 Å². The first kappa shape index (κ1) is 19.9. The largest absolute Gasteiger partial charge is 0.481 e. The highest BCUT2D eigenvalue weighted by molar-refractivity contribution is 5.75. The molecule has 0 aromatic rings. The summed E-state index contributed by atoms with van der Waals surface area (Å²) in [5, 5.41) is 11.3. The van der Waals surface area contributed by atoms with Crippen LogP contribution in [0, 0.1) is 0 Å². The first-order chi connectivity index (χ1) is 9.76. The quantitative estimate of drug-likeness (QED) is 0.538. The summed E-state index contributed by atoms with van der Waals surface area (Å²) in [6, 6.07) is 0. The lowest BCUT2D eigenvalue weighted by atomic mass is 10.1. The van der Waals surface area contributed by atoms with Crippen LogP contribution in [0.25, 0.3) is 0 Å². The zero-order valence-electron chi connectivity index (χ0n) is 13.6. The molecule has 6 nitrogen and oxygen atoms in total. The zero-order valence-corrected chi connectivity index (χ0v) is 13.6. The molecular formula is C15H29NO5. The number of carboxylic acid groups (broad SMARTS) is 1. The lowest BCUT2D eigenvalue weighted by molar-refractivity contribution is -0.137. The molecule has 0 aromatic carbocycles. The Hall–Kier alpha value is -1.14. The second-order valence-corrected chi connectivity index (χ2v) is 5.68. The first-order valence-corrected chi connectivity index (χ1v) is 7.51. The van der Waals surface area contributed by atoms with Gasteiger partial charge in [0.15, 0.2) is 0 Å². The Labute approximate surface area is 127 Å². The molecule has 2 N–H and O–H groups in total. The van der Waals surface area contributed by atoms with Crippen molar-refractivity contribution in [1.82, 2.24) is 5.32 Å². The fourth-order valence-electron chi connectivity index (χ4n) is 1.63. The van der Waals surface area contributed by atoms with Crippen LogP contribution in [0.5, 0.6) is 0 Å². The summed E-state index contributed by atoms with van der Waals surface area (Å²) in [4.78, 5) is 21.5. The predicted molar refractivity (Wildman–Crippen MR) is 80.2 cm³/mol. The van der Waals surface area contributed by atoms with Gasteiger partial charge in [0.1, 0.15) is 0 Å². The third-order valence-electron chi connectivity index (χ3n) is 3.11. The number of ether oxygens (including phenoxy) is 2. The maximum absolute atomic E-state index is 11.1. The molecule has 0 fully saturated rings. The summed E-state index contributed by atoms with van der Waals surface area (Å²) in [7, 11) is 0. The fourth-order valence-corrected chi connectivity index (χ4v) is 1.63. The van der Waals surface area contributed by atoms with Crippen molar-refractivity contribution in [2.45, 2.75) is 65.1 Å². The number of aliphatic carboxylic acids is 1. The monoisotopic (exact) mass is 303 g/mol. The van der Waals surface area contributed by atoms with Crippen molar-refractivity contribution in [3.63, 3.8) is 0 Å². The van der Waals surface area contributed by atoms with Crippen LogP contribution in [-0.2, 0) is 19.1 Å². The Balaban J connectivity index is 3.71. The molecule has 0 aliphatic rings. The van der Waals surface area contributed by atoms with Crippen molar-refractivity contribution in [2.24, 2.45) is 0 Å². The Kier molecular flexibility index (Phi) is 9.99. The molecule has 0 spiro atoms. The molecule has 1 unspecified atom stereocenters. The molecule has 0 heterocycles. The van der Waals surface area contributed by atoms with Gasteiger partial charge in [-0.2, -0.15) is 0 Å². The lowest BCUT2D eigenvalue weighted by Gasteiger charge is -2.26. The summed E-state index contributed by atoms with van der Waals surface area (Å²) in [5.41, 5.74) is -0.330. The van der Waals surface area contributed by atoms with E-state index in [9.17, 15) is 9.59 Å². The van der Waals surface area contributed by atoms with Crippen molar-refractivity contribution in [2.75, 3.05) is 19.8 Å². The van der Waals surface area contributed by atoms with E-state index in [4.69, 9.17) is 14.6 Å². The average molecular weight is 303 g/mol. The van der Waals surface area contributed by atoms with Crippen LogP contribution in [0.1, 0.15) is 53.4 Å². The molecule has 0 bridgehead atoms. The highest BCUT2D eigenvalue weighted by atomic mass is 16.5. The smallest absolute Gasteiger partial charge is 0.303 e. The summed E-state index contributed by atoms with van der Waals surface area (Å²) < 4.78 is 11.3. The van der Waals surface area contributed by atoms with Crippen LogP contribution in [0.4, 0.5) is 0 Å². The van der Waals surface area contributed by atoms with E-state index >= 15 is 0 Å². The average Bonchev–Trinajstić information content (AvgIpc) is 2.40. The molecule has 0 aliphatic carbocycles. The first-order valence-electron chi connectivity index (χ1n) is 7.51. The van der Waals surface area contributed by atoms with E-state index in [1.807, 2.05) is 27.7 Å². The lowest BCUT2D eigenvalue weighted by Crippen LogP contribution is -2.33. The van der Waals surface area contributed by atoms with Gasteiger partial charge in [-0.25, -0.2) is 0 Å². The maximum atomic E-state index is 11.1. The summed E-state index contributed by atoms with van der Waals surface area (Å²) >= 11 is 0. The van der Waals surface area contributed by atoms with Gasteiger partial charge < -0.3 is 19.9 Å². The third kappa shape index (κ3) is 12.3.